The number of amides is 2. The zero-order valence-electron chi connectivity index (χ0n) is 13.5. The quantitative estimate of drug-likeness (QED) is 0.797. The molecular formula is C17H15F3N2O3. The van der Waals surface area contributed by atoms with Gasteiger partial charge in [0.2, 0.25) is 0 Å². The number of hydrogen-bond donors (Lipinski definition) is 2. The molecule has 1 aromatic carbocycles. The van der Waals surface area contributed by atoms with Crippen LogP contribution < -0.4 is 5.32 Å². The predicted molar refractivity (Wildman–Crippen MR) is 83.4 cm³/mol. The SMILES string of the molecule is Cc1ccc(C#CCNC(=O)C2=C(O)C(=O)N(C)C2)cc1C(F)(F)F. The zero-order valence-corrected chi connectivity index (χ0v) is 13.5. The largest absolute Gasteiger partial charge is 0.503 e. The fourth-order valence-corrected chi connectivity index (χ4v) is 2.26. The molecule has 8 heteroatoms. The molecule has 0 bridgehead atoms. The Morgan fingerprint density at radius 2 is 2.08 bits per heavy atom. The Bertz CT molecular complexity index is 817. The number of aliphatic hydroxyl groups is 1. The third kappa shape index (κ3) is 4.12. The van der Waals surface area contributed by atoms with Crippen molar-refractivity contribution in [2.45, 2.75) is 13.1 Å². The molecule has 0 radical (unpaired) electrons. The Hall–Kier alpha value is -2.95. The van der Waals surface area contributed by atoms with Gasteiger partial charge in [0.25, 0.3) is 11.8 Å². The number of aliphatic hydroxyl groups excluding tert-OH is 1. The molecule has 0 aromatic heterocycles. The molecule has 0 saturated carbocycles. The number of likely N-dealkylation sites (N-methyl/N-ethyl adjacent to an activating group) is 1. The van der Waals surface area contributed by atoms with Crippen LogP contribution in [0.15, 0.2) is 29.5 Å². The number of alkyl halides is 3. The zero-order chi connectivity index (χ0) is 18.8. The maximum absolute atomic E-state index is 12.8. The Morgan fingerprint density at radius 3 is 2.64 bits per heavy atom. The van der Waals surface area contributed by atoms with Gasteiger partial charge in [0.15, 0.2) is 5.76 Å². The highest BCUT2D eigenvalue weighted by molar-refractivity contribution is 6.06. The van der Waals surface area contributed by atoms with Gasteiger partial charge in [-0.1, -0.05) is 17.9 Å². The molecule has 2 N–H and O–H groups in total. The standard InChI is InChI=1S/C17H15F3N2O3/c1-10-5-6-11(8-13(10)17(18,19)20)4-3-7-21-15(24)12-9-22(2)16(25)14(12)23/h5-6,8,23H,7,9H2,1-2H3,(H,21,24). The third-order valence-corrected chi connectivity index (χ3v) is 3.62. The molecule has 0 saturated heterocycles. The van der Waals surface area contributed by atoms with E-state index in [9.17, 15) is 27.9 Å². The summed E-state index contributed by atoms with van der Waals surface area (Å²) in [6.07, 6.45) is -4.46. The van der Waals surface area contributed by atoms with Crippen molar-refractivity contribution in [3.05, 3.63) is 46.2 Å². The summed E-state index contributed by atoms with van der Waals surface area (Å²) in [4.78, 5) is 24.4. The molecular weight excluding hydrogens is 337 g/mol. The molecule has 5 nitrogen and oxygen atoms in total. The van der Waals surface area contributed by atoms with E-state index in [0.717, 1.165) is 6.07 Å². The summed E-state index contributed by atoms with van der Waals surface area (Å²) in [6.45, 7) is 1.21. The van der Waals surface area contributed by atoms with E-state index in [4.69, 9.17) is 0 Å². The Labute approximate surface area is 142 Å². The second-order valence-electron chi connectivity index (χ2n) is 5.50. The summed E-state index contributed by atoms with van der Waals surface area (Å²) < 4.78 is 38.5. The van der Waals surface area contributed by atoms with E-state index in [2.05, 4.69) is 17.2 Å². The van der Waals surface area contributed by atoms with Gasteiger partial charge in [-0.05, 0) is 24.6 Å². The lowest BCUT2D eigenvalue weighted by Crippen LogP contribution is -2.28. The number of hydrogen-bond acceptors (Lipinski definition) is 3. The van der Waals surface area contributed by atoms with E-state index >= 15 is 0 Å². The van der Waals surface area contributed by atoms with Crippen molar-refractivity contribution in [2.75, 3.05) is 20.1 Å². The van der Waals surface area contributed by atoms with Crippen LogP contribution in [-0.4, -0.2) is 42.0 Å². The van der Waals surface area contributed by atoms with Crippen molar-refractivity contribution in [1.29, 1.82) is 0 Å². The summed E-state index contributed by atoms with van der Waals surface area (Å²) in [5.74, 6) is 3.18. The summed E-state index contributed by atoms with van der Waals surface area (Å²) >= 11 is 0. The summed E-state index contributed by atoms with van der Waals surface area (Å²) in [6, 6.07) is 3.73. The van der Waals surface area contributed by atoms with E-state index in [1.165, 1.54) is 31.0 Å². The number of nitrogens with one attached hydrogen (secondary N) is 1. The van der Waals surface area contributed by atoms with Gasteiger partial charge in [0.1, 0.15) is 0 Å². The molecule has 132 valence electrons. The summed E-state index contributed by atoms with van der Waals surface area (Å²) in [5.41, 5.74) is -0.552. The maximum Gasteiger partial charge on any atom is 0.416 e. The fraction of sp³-hybridized carbons (Fsp3) is 0.294. The molecule has 0 aliphatic carbocycles. The minimum atomic E-state index is -4.46. The van der Waals surface area contributed by atoms with Crippen LogP contribution in [0.4, 0.5) is 13.2 Å². The Balaban J connectivity index is 2.02. The molecule has 1 heterocycles. The molecule has 0 fully saturated rings. The lowest BCUT2D eigenvalue weighted by atomic mass is 10.0. The second kappa shape index (κ2) is 6.89. The van der Waals surface area contributed by atoms with Crippen LogP contribution in [0.2, 0.25) is 0 Å². The Morgan fingerprint density at radius 1 is 1.40 bits per heavy atom. The smallest absolute Gasteiger partial charge is 0.416 e. The number of carbonyl (C=O) groups is 2. The van der Waals surface area contributed by atoms with Crippen LogP contribution in [-0.2, 0) is 15.8 Å². The van der Waals surface area contributed by atoms with Crippen LogP contribution in [0, 0.1) is 18.8 Å². The van der Waals surface area contributed by atoms with Gasteiger partial charge in [-0.3, -0.25) is 9.59 Å². The normalized spacial score (nSPS) is 14.4. The van der Waals surface area contributed by atoms with Crippen LogP contribution in [0.3, 0.4) is 0 Å². The third-order valence-electron chi connectivity index (χ3n) is 3.62. The Kier molecular flexibility index (Phi) is 5.07. The molecule has 0 atom stereocenters. The van der Waals surface area contributed by atoms with Crippen molar-refractivity contribution >= 4 is 11.8 Å². The van der Waals surface area contributed by atoms with Gasteiger partial charge in [-0.15, -0.1) is 0 Å². The van der Waals surface area contributed by atoms with E-state index in [0.29, 0.717) is 0 Å². The first kappa shape index (κ1) is 18.4. The van der Waals surface area contributed by atoms with Gasteiger partial charge in [0, 0.05) is 12.6 Å². The fourth-order valence-electron chi connectivity index (χ4n) is 2.26. The monoisotopic (exact) mass is 352 g/mol. The van der Waals surface area contributed by atoms with Gasteiger partial charge in [-0.2, -0.15) is 13.2 Å². The van der Waals surface area contributed by atoms with Crippen molar-refractivity contribution in [3.8, 4) is 11.8 Å². The van der Waals surface area contributed by atoms with Crippen molar-refractivity contribution in [3.63, 3.8) is 0 Å². The van der Waals surface area contributed by atoms with Crippen LogP contribution in [0.5, 0.6) is 0 Å². The highest BCUT2D eigenvalue weighted by Gasteiger charge is 2.32. The first-order chi connectivity index (χ1) is 11.6. The second-order valence-corrected chi connectivity index (χ2v) is 5.50. The maximum atomic E-state index is 12.8. The lowest BCUT2D eigenvalue weighted by molar-refractivity contribution is -0.138. The average molecular weight is 352 g/mol. The number of aryl methyl sites for hydroxylation is 1. The van der Waals surface area contributed by atoms with E-state index in [1.54, 1.807) is 0 Å². The molecule has 1 aromatic rings. The van der Waals surface area contributed by atoms with E-state index < -0.39 is 29.3 Å². The number of rotatable bonds is 2. The topological polar surface area (TPSA) is 69.6 Å². The minimum Gasteiger partial charge on any atom is -0.503 e. The molecule has 2 amide bonds. The van der Waals surface area contributed by atoms with E-state index in [1.807, 2.05) is 0 Å². The highest BCUT2D eigenvalue weighted by Crippen LogP contribution is 2.32. The first-order valence-corrected chi connectivity index (χ1v) is 7.23. The average Bonchev–Trinajstić information content (AvgIpc) is 2.79. The van der Waals surface area contributed by atoms with Crippen LogP contribution in [0.25, 0.3) is 0 Å². The van der Waals surface area contributed by atoms with Crippen LogP contribution in [0.1, 0.15) is 16.7 Å². The number of carbonyl (C=O) groups excluding carboxylic acids is 2. The molecule has 25 heavy (non-hydrogen) atoms. The molecule has 1 aliphatic heterocycles. The summed E-state index contributed by atoms with van der Waals surface area (Å²) in [5, 5.41) is 11.9. The van der Waals surface area contributed by atoms with Crippen molar-refractivity contribution < 1.29 is 27.9 Å². The minimum absolute atomic E-state index is 0.0170. The van der Waals surface area contributed by atoms with Crippen molar-refractivity contribution in [2.24, 2.45) is 0 Å². The number of nitrogens with zero attached hydrogens (tertiary/aromatic N) is 1. The number of halogens is 3. The summed E-state index contributed by atoms with van der Waals surface area (Å²) in [7, 11) is 1.44. The highest BCUT2D eigenvalue weighted by atomic mass is 19.4. The van der Waals surface area contributed by atoms with Crippen LogP contribution >= 0.6 is 0 Å². The van der Waals surface area contributed by atoms with Gasteiger partial charge in [0.05, 0.1) is 24.2 Å². The van der Waals surface area contributed by atoms with Gasteiger partial charge < -0.3 is 15.3 Å². The molecule has 1 aliphatic rings. The molecule has 0 spiro atoms. The van der Waals surface area contributed by atoms with E-state index in [-0.39, 0.29) is 29.8 Å². The van der Waals surface area contributed by atoms with Gasteiger partial charge >= 0.3 is 6.18 Å². The molecule has 2 rings (SSSR count). The molecule has 0 unspecified atom stereocenters. The first-order valence-electron chi connectivity index (χ1n) is 7.23. The van der Waals surface area contributed by atoms with Crippen molar-refractivity contribution in [1.82, 2.24) is 10.2 Å². The predicted octanol–water partition coefficient (Wildman–Crippen LogP) is 1.77. The number of benzene rings is 1. The van der Waals surface area contributed by atoms with Gasteiger partial charge in [-0.25, -0.2) is 0 Å². The lowest BCUT2D eigenvalue weighted by Gasteiger charge is -2.10.